The minimum atomic E-state index is -0.879. The number of hydrogen-bond acceptors (Lipinski definition) is 6. The van der Waals surface area contributed by atoms with Crippen molar-refractivity contribution in [1.29, 1.82) is 0 Å². The number of rotatable bonds is 6. The Hall–Kier alpha value is -2.67. The first-order valence-electron chi connectivity index (χ1n) is 8.94. The second-order valence-corrected chi connectivity index (χ2v) is 7.27. The molecule has 28 heavy (non-hydrogen) atoms. The van der Waals surface area contributed by atoms with E-state index in [1.54, 1.807) is 20.2 Å². The summed E-state index contributed by atoms with van der Waals surface area (Å²) in [5.41, 5.74) is 1.52. The molecule has 1 aliphatic rings. The summed E-state index contributed by atoms with van der Waals surface area (Å²) in [6.07, 6.45) is 3.69. The number of hydrogen-bond donors (Lipinski definition) is 1. The van der Waals surface area contributed by atoms with Crippen LogP contribution in [0.5, 0.6) is 5.75 Å². The fourth-order valence-corrected chi connectivity index (χ4v) is 3.45. The van der Waals surface area contributed by atoms with Crippen molar-refractivity contribution in [2.75, 3.05) is 19.0 Å². The van der Waals surface area contributed by atoms with Crippen molar-refractivity contribution in [3.63, 3.8) is 0 Å². The molecule has 1 N–H and O–H groups in total. The molecule has 1 aromatic carbocycles. The van der Waals surface area contributed by atoms with Gasteiger partial charge in [-0.3, -0.25) is 9.59 Å². The fraction of sp³-hybridized carbons (Fsp3) is 0.286. The zero-order chi connectivity index (χ0) is 20.1. The lowest BCUT2D eigenvalue weighted by atomic mass is 9.77. The minimum absolute atomic E-state index is 0.113. The summed E-state index contributed by atoms with van der Waals surface area (Å²) in [5, 5.41) is 3.18. The summed E-state index contributed by atoms with van der Waals surface area (Å²) in [6.45, 7) is 1.96. The second kappa shape index (κ2) is 9.01. The highest BCUT2D eigenvalue weighted by Crippen LogP contribution is 2.36. The molecule has 146 valence electrons. The van der Waals surface area contributed by atoms with E-state index >= 15 is 0 Å². The number of pyridine rings is 1. The lowest BCUT2D eigenvalue weighted by Gasteiger charge is -2.28. The number of allylic oxidation sites excluding steroid dienone is 2. The number of carbonyl (C=O) groups excluding carboxylic acids is 2. The topological polar surface area (TPSA) is 77.5 Å². The number of halogens is 1. The number of aromatic nitrogens is 1. The van der Waals surface area contributed by atoms with Crippen LogP contribution in [0.1, 0.15) is 24.8 Å². The van der Waals surface area contributed by atoms with Crippen molar-refractivity contribution in [3.8, 4) is 5.75 Å². The highest BCUT2D eigenvalue weighted by molar-refractivity contribution is 9.10. The third-order valence-electron chi connectivity index (χ3n) is 4.49. The number of Topliss-reactive ketones (excluding diaryl/α,β-unsaturated/α-hetero) is 1. The van der Waals surface area contributed by atoms with E-state index in [-0.39, 0.29) is 18.8 Å². The average Bonchev–Trinajstić information content (AvgIpc) is 2.69. The SMILES string of the molecule is CCOC(=O)C1C(=O)CC(Nc2ccc(Br)cn2)=CC1c1cccc(OC)c1. The van der Waals surface area contributed by atoms with Crippen molar-refractivity contribution in [2.24, 2.45) is 5.92 Å². The van der Waals surface area contributed by atoms with Crippen molar-refractivity contribution >= 4 is 33.5 Å². The zero-order valence-corrected chi connectivity index (χ0v) is 17.2. The van der Waals surface area contributed by atoms with E-state index in [0.29, 0.717) is 17.3 Å². The van der Waals surface area contributed by atoms with Crippen molar-refractivity contribution in [1.82, 2.24) is 4.98 Å². The maximum atomic E-state index is 12.9. The molecule has 2 unspecified atom stereocenters. The number of esters is 1. The van der Waals surface area contributed by atoms with Crippen LogP contribution in [-0.2, 0) is 14.3 Å². The van der Waals surface area contributed by atoms with Gasteiger partial charge in [-0.05, 0) is 52.7 Å². The van der Waals surface area contributed by atoms with Gasteiger partial charge in [0, 0.05) is 28.7 Å². The number of benzene rings is 1. The first kappa shape index (κ1) is 20.1. The van der Waals surface area contributed by atoms with Gasteiger partial charge in [0.1, 0.15) is 17.5 Å². The smallest absolute Gasteiger partial charge is 0.317 e. The van der Waals surface area contributed by atoms with Crippen LogP contribution in [0.4, 0.5) is 5.82 Å². The number of methoxy groups -OCH3 is 1. The molecule has 0 spiro atoms. The first-order valence-corrected chi connectivity index (χ1v) is 9.73. The van der Waals surface area contributed by atoms with E-state index in [1.807, 2.05) is 42.5 Å². The molecule has 1 heterocycles. The van der Waals surface area contributed by atoms with Gasteiger partial charge in [-0.15, -0.1) is 0 Å². The van der Waals surface area contributed by atoms with E-state index in [1.165, 1.54) is 0 Å². The predicted molar refractivity (Wildman–Crippen MR) is 109 cm³/mol. The van der Waals surface area contributed by atoms with Gasteiger partial charge < -0.3 is 14.8 Å². The Labute approximate surface area is 172 Å². The summed E-state index contributed by atoms with van der Waals surface area (Å²) in [7, 11) is 1.58. The largest absolute Gasteiger partial charge is 0.497 e. The van der Waals surface area contributed by atoms with Crippen molar-refractivity contribution < 1.29 is 19.1 Å². The molecule has 0 radical (unpaired) electrons. The molecule has 0 saturated carbocycles. The number of ketones is 1. The van der Waals surface area contributed by atoms with E-state index in [0.717, 1.165) is 10.0 Å². The number of nitrogens with one attached hydrogen (secondary N) is 1. The summed E-state index contributed by atoms with van der Waals surface area (Å²) in [5.74, 6) is -0.730. The first-order chi connectivity index (χ1) is 13.5. The Morgan fingerprint density at radius 2 is 2.14 bits per heavy atom. The Kier molecular flexibility index (Phi) is 6.46. The number of carbonyl (C=O) groups is 2. The predicted octanol–water partition coefficient (Wildman–Crippen LogP) is 4.08. The lowest BCUT2D eigenvalue weighted by molar-refractivity contribution is -0.152. The Morgan fingerprint density at radius 1 is 1.32 bits per heavy atom. The average molecular weight is 445 g/mol. The number of ether oxygens (including phenoxy) is 2. The molecule has 1 aliphatic carbocycles. The molecule has 2 aromatic rings. The second-order valence-electron chi connectivity index (χ2n) is 6.35. The monoisotopic (exact) mass is 444 g/mol. The van der Waals surface area contributed by atoms with Gasteiger partial charge in [0.25, 0.3) is 0 Å². The Bertz CT molecular complexity index is 896. The van der Waals surface area contributed by atoms with Gasteiger partial charge in [0.05, 0.1) is 13.7 Å². The summed E-state index contributed by atoms with van der Waals surface area (Å²) in [6, 6.07) is 11.1. The third kappa shape index (κ3) is 4.59. The molecule has 2 atom stereocenters. The number of anilines is 1. The van der Waals surface area contributed by atoms with Gasteiger partial charge >= 0.3 is 5.97 Å². The van der Waals surface area contributed by atoms with Crippen molar-refractivity contribution in [2.45, 2.75) is 19.3 Å². The van der Waals surface area contributed by atoms with Crippen LogP contribution in [0.2, 0.25) is 0 Å². The van der Waals surface area contributed by atoms with Crippen LogP contribution in [0.3, 0.4) is 0 Å². The maximum Gasteiger partial charge on any atom is 0.317 e. The summed E-state index contributed by atoms with van der Waals surface area (Å²) in [4.78, 5) is 29.7. The molecular formula is C21H21BrN2O4. The Morgan fingerprint density at radius 3 is 2.82 bits per heavy atom. The molecule has 0 saturated heterocycles. The van der Waals surface area contributed by atoms with E-state index in [4.69, 9.17) is 9.47 Å². The normalized spacial score (nSPS) is 19.0. The standard InChI is InChI=1S/C21H21BrN2O4/c1-3-28-21(26)20-17(13-5-4-6-16(9-13)27-2)10-15(11-18(20)25)24-19-8-7-14(22)12-23-19/h4-10,12,17,20H,3,11H2,1-2H3,(H,23,24). The third-order valence-corrected chi connectivity index (χ3v) is 4.96. The molecular weight excluding hydrogens is 424 g/mol. The van der Waals surface area contributed by atoms with Crippen LogP contribution >= 0.6 is 15.9 Å². The van der Waals surface area contributed by atoms with E-state index in [2.05, 4.69) is 26.2 Å². The molecule has 0 aliphatic heterocycles. The molecule has 6 nitrogen and oxygen atoms in total. The van der Waals surface area contributed by atoms with Gasteiger partial charge in [0.15, 0.2) is 5.78 Å². The Balaban J connectivity index is 1.97. The van der Waals surface area contributed by atoms with E-state index in [9.17, 15) is 9.59 Å². The summed E-state index contributed by atoms with van der Waals surface area (Å²) < 4.78 is 11.3. The molecule has 0 amide bonds. The zero-order valence-electron chi connectivity index (χ0n) is 15.6. The van der Waals surface area contributed by atoms with E-state index < -0.39 is 17.8 Å². The highest BCUT2D eigenvalue weighted by Gasteiger charge is 2.39. The quantitative estimate of drug-likeness (QED) is 0.533. The van der Waals surface area contributed by atoms with Crippen LogP contribution < -0.4 is 10.1 Å². The van der Waals surface area contributed by atoms with Crippen molar-refractivity contribution in [3.05, 3.63) is 64.4 Å². The minimum Gasteiger partial charge on any atom is -0.497 e. The molecule has 1 aromatic heterocycles. The van der Waals surface area contributed by atoms with Gasteiger partial charge in [-0.1, -0.05) is 18.2 Å². The summed E-state index contributed by atoms with van der Waals surface area (Å²) >= 11 is 3.35. The lowest BCUT2D eigenvalue weighted by Crippen LogP contribution is -2.35. The van der Waals surface area contributed by atoms with Gasteiger partial charge in [-0.2, -0.15) is 0 Å². The number of nitrogens with zero attached hydrogens (tertiary/aromatic N) is 1. The fourth-order valence-electron chi connectivity index (χ4n) is 3.22. The molecule has 3 rings (SSSR count). The van der Waals surface area contributed by atoms with Gasteiger partial charge in [0.2, 0.25) is 0 Å². The highest BCUT2D eigenvalue weighted by atomic mass is 79.9. The van der Waals surface area contributed by atoms with Crippen LogP contribution in [0.15, 0.2) is 58.8 Å². The maximum absolute atomic E-state index is 12.9. The molecule has 0 bridgehead atoms. The van der Waals surface area contributed by atoms with Crippen LogP contribution in [-0.4, -0.2) is 30.5 Å². The van der Waals surface area contributed by atoms with Gasteiger partial charge in [-0.25, -0.2) is 4.98 Å². The molecule has 0 fully saturated rings. The molecule has 7 heteroatoms. The van der Waals surface area contributed by atoms with Crippen LogP contribution in [0, 0.1) is 5.92 Å². The van der Waals surface area contributed by atoms with Crippen LogP contribution in [0.25, 0.3) is 0 Å².